The van der Waals surface area contributed by atoms with Crippen molar-refractivity contribution in [3.8, 4) is 0 Å². The average Bonchev–Trinajstić information content (AvgIpc) is 2.09. The zero-order valence-corrected chi connectivity index (χ0v) is 8.84. The molecule has 0 bridgehead atoms. The predicted molar refractivity (Wildman–Crippen MR) is 56.6 cm³/mol. The molecule has 0 aromatic carbocycles. The molecule has 1 aliphatic carbocycles. The molecule has 1 saturated heterocycles. The molecule has 1 heteroatoms. The summed E-state index contributed by atoms with van der Waals surface area (Å²) in [4.78, 5) is 0. The summed E-state index contributed by atoms with van der Waals surface area (Å²) in [6.07, 6.45) is 5.42. The Morgan fingerprint density at radius 3 is 2.92 bits per heavy atom. The summed E-state index contributed by atoms with van der Waals surface area (Å²) in [5.74, 6) is 1.72. The molecule has 13 heavy (non-hydrogen) atoms. The van der Waals surface area contributed by atoms with Gasteiger partial charge in [-0.1, -0.05) is 19.1 Å². The van der Waals surface area contributed by atoms with E-state index >= 15 is 0 Å². The minimum absolute atomic E-state index is 0.639. The third kappa shape index (κ3) is 1.67. The number of hydrogen-bond donors (Lipinski definition) is 1. The zero-order chi connectivity index (χ0) is 9.42. The maximum Gasteiger partial charge on any atom is 0.0307 e. The Kier molecular flexibility index (Phi) is 2.46. The highest BCUT2D eigenvalue weighted by Crippen LogP contribution is 2.36. The van der Waals surface area contributed by atoms with Gasteiger partial charge in [0.1, 0.15) is 0 Å². The van der Waals surface area contributed by atoms with Crippen molar-refractivity contribution in [3.05, 3.63) is 12.2 Å². The smallest absolute Gasteiger partial charge is 0.0307 e. The van der Waals surface area contributed by atoms with Gasteiger partial charge in [-0.25, -0.2) is 0 Å². The summed E-state index contributed by atoms with van der Waals surface area (Å²) in [6, 6.07) is 1.32. The fourth-order valence-corrected chi connectivity index (χ4v) is 2.88. The number of fused-ring (bicyclic) bond motifs is 1. The number of nitrogens with one attached hydrogen (secondary N) is 1. The first-order valence-electron chi connectivity index (χ1n) is 5.62. The Hall–Kier alpha value is -0.300. The molecule has 4 unspecified atom stereocenters. The second-order valence-electron chi connectivity index (χ2n) is 4.96. The van der Waals surface area contributed by atoms with Gasteiger partial charge in [-0.15, -0.1) is 0 Å². The minimum Gasteiger partial charge on any atom is -0.307 e. The van der Waals surface area contributed by atoms with Crippen molar-refractivity contribution < 1.29 is 0 Å². The van der Waals surface area contributed by atoms with Crippen LogP contribution in [0.15, 0.2) is 12.2 Å². The summed E-state index contributed by atoms with van der Waals surface area (Å²) in [6.45, 7) is 8.87. The maximum absolute atomic E-state index is 4.20. The Bertz CT molecular complexity index is 209. The van der Waals surface area contributed by atoms with E-state index in [1.165, 1.54) is 31.3 Å². The van der Waals surface area contributed by atoms with Crippen LogP contribution < -0.4 is 5.32 Å². The summed E-state index contributed by atoms with van der Waals surface area (Å²) in [5.41, 5.74) is 1.45. The van der Waals surface area contributed by atoms with E-state index in [1.54, 1.807) is 0 Å². The van der Waals surface area contributed by atoms with Gasteiger partial charge in [0.05, 0.1) is 0 Å². The summed E-state index contributed by atoms with van der Waals surface area (Å²) < 4.78 is 0. The van der Waals surface area contributed by atoms with Crippen LogP contribution in [-0.2, 0) is 0 Å². The standard InChI is InChI=1S/C12H21N/c1-8-5-4-6-11-7-9(2)10(3)13-12(8)11/h9-13H,1,4-7H2,2-3H3. The number of piperidine rings is 1. The van der Waals surface area contributed by atoms with Crippen LogP contribution in [0.4, 0.5) is 0 Å². The summed E-state index contributed by atoms with van der Waals surface area (Å²) in [5, 5.41) is 3.72. The van der Waals surface area contributed by atoms with Crippen LogP contribution in [-0.4, -0.2) is 12.1 Å². The quantitative estimate of drug-likeness (QED) is 0.564. The molecule has 2 fully saturated rings. The van der Waals surface area contributed by atoms with E-state index in [0.29, 0.717) is 12.1 Å². The topological polar surface area (TPSA) is 12.0 Å². The van der Waals surface area contributed by atoms with Gasteiger partial charge in [0.15, 0.2) is 0 Å². The van der Waals surface area contributed by atoms with Crippen molar-refractivity contribution in [1.82, 2.24) is 5.32 Å². The van der Waals surface area contributed by atoms with Crippen LogP contribution in [0.1, 0.15) is 39.5 Å². The van der Waals surface area contributed by atoms with Gasteiger partial charge in [0, 0.05) is 12.1 Å². The van der Waals surface area contributed by atoms with E-state index in [-0.39, 0.29) is 0 Å². The van der Waals surface area contributed by atoms with E-state index in [0.717, 1.165) is 11.8 Å². The lowest BCUT2D eigenvalue weighted by atomic mass is 9.72. The highest BCUT2D eigenvalue weighted by atomic mass is 15.0. The lowest BCUT2D eigenvalue weighted by Crippen LogP contribution is -2.52. The van der Waals surface area contributed by atoms with Crippen molar-refractivity contribution >= 4 is 0 Å². The van der Waals surface area contributed by atoms with Crippen molar-refractivity contribution in [2.24, 2.45) is 11.8 Å². The molecular weight excluding hydrogens is 158 g/mol. The molecule has 74 valence electrons. The van der Waals surface area contributed by atoms with Gasteiger partial charge >= 0.3 is 0 Å². The molecule has 0 radical (unpaired) electrons. The van der Waals surface area contributed by atoms with E-state index in [2.05, 4.69) is 25.7 Å². The van der Waals surface area contributed by atoms with Gasteiger partial charge in [-0.3, -0.25) is 0 Å². The van der Waals surface area contributed by atoms with Crippen molar-refractivity contribution in [1.29, 1.82) is 0 Å². The van der Waals surface area contributed by atoms with Crippen LogP contribution >= 0.6 is 0 Å². The van der Waals surface area contributed by atoms with E-state index in [4.69, 9.17) is 0 Å². The SMILES string of the molecule is C=C1CCCC2CC(C)C(C)NC12. The molecule has 1 N–H and O–H groups in total. The van der Waals surface area contributed by atoms with Crippen LogP contribution in [0.3, 0.4) is 0 Å². The molecule has 1 heterocycles. The highest BCUT2D eigenvalue weighted by molar-refractivity contribution is 5.13. The lowest BCUT2D eigenvalue weighted by molar-refractivity contribution is 0.172. The van der Waals surface area contributed by atoms with Crippen molar-refractivity contribution in [3.63, 3.8) is 0 Å². The van der Waals surface area contributed by atoms with E-state index < -0.39 is 0 Å². The number of hydrogen-bond acceptors (Lipinski definition) is 1. The Labute approximate surface area is 81.6 Å². The normalized spacial score (nSPS) is 45.8. The summed E-state index contributed by atoms with van der Waals surface area (Å²) in [7, 11) is 0. The molecule has 0 spiro atoms. The van der Waals surface area contributed by atoms with Gasteiger partial charge < -0.3 is 5.32 Å². The van der Waals surface area contributed by atoms with E-state index in [9.17, 15) is 0 Å². The lowest BCUT2D eigenvalue weighted by Gasteiger charge is -2.43. The fraction of sp³-hybridized carbons (Fsp3) is 0.833. The Morgan fingerprint density at radius 2 is 2.15 bits per heavy atom. The minimum atomic E-state index is 0.639. The highest BCUT2D eigenvalue weighted by Gasteiger charge is 2.35. The predicted octanol–water partition coefficient (Wildman–Crippen LogP) is 2.73. The van der Waals surface area contributed by atoms with Crippen LogP contribution in [0.2, 0.25) is 0 Å². The monoisotopic (exact) mass is 179 g/mol. The molecule has 4 atom stereocenters. The van der Waals surface area contributed by atoms with Crippen LogP contribution in [0, 0.1) is 11.8 Å². The molecule has 0 aromatic rings. The Morgan fingerprint density at radius 1 is 1.38 bits per heavy atom. The van der Waals surface area contributed by atoms with Crippen molar-refractivity contribution in [2.75, 3.05) is 0 Å². The molecule has 1 nitrogen and oxygen atoms in total. The van der Waals surface area contributed by atoms with Crippen LogP contribution in [0.5, 0.6) is 0 Å². The molecule has 1 saturated carbocycles. The molecule has 2 rings (SSSR count). The van der Waals surface area contributed by atoms with E-state index in [1.807, 2.05) is 0 Å². The van der Waals surface area contributed by atoms with Crippen LogP contribution in [0.25, 0.3) is 0 Å². The fourth-order valence-electron chi connectivity index (χ4n) is 2.88. The second kappa shape index (κ2) is 3.45. The first-order valence-corrected chi connectivity index (χ1v) is 5.62. The van der Waals surface area contributed by atoms with Gasteiger partial charge in [-0.05, 0) is 44.4 Å². The van der Waals surface area contributed by atoms with Gasteiger partial charge in [-0.2, -0.15) is 0 Å². The first-order chi connectivity index (χ1) is 6.18. The largest absolute Gasteiger partial charge is 0.307 e. The maximum atomic E-state index is 4.20. The molecule has 2 aliphatic rings. The van der Waals surface area contributed by atoms with Gasteiger partial charge in [0.25, 0.3) is 0 Å². The Balaban J connectivity index is 2.08. The average molecular weight is 179 g/mol. The molecule has 1 aliphatic heterocycles. The van der Waals surface area contributed by atoms with Crippen molar-refractivity contribution in [2.45, 2.75) is 51.6 Å². The second-order valence-corrected chi connectivity index (χ2v) is 4.96. The zero-order valence-electron chi connectivity index (χ0n) is 8.84. The molecular formula is C12H21N. The molecule has 0 amide bonds. The third-order valence-electron chi connectivity index (χ3n) is 3.95. The van der Waals surface area contributed by atoms with Gasteiger partial charge in [0.2, 0.25) is 0 Å². The summed E-state index contributed by atoms with van der Waals surface area (Å²) >= 11 is 0. The first kappa shape index (κ1) is 9.26. The molecule has 0 aromatic heterocycles. The number of rotatable bonds is 0. The third-order valence-corrected chi connectivity index (χ3v) is 3.95.